The molecule has 0 aliphatic carbocycles. The fraction of sp³-hybridized carbons (Fsp3) is 0.200. The van der Waals surface area contributed by atoms with Gasteiger partial charge in [0.05, 0.1) is 18.1 Å². The third kappa shape index (κ3) is 5.23. The van der Waals surface area contributed by atoms with Crippen LogP contribution in [0.3, 0.4) is 0 Å². The van der Waals surface area contributed by atoms with Crippen molar-refractivity contribution in [3.8, 4) is 0 Å². The number of hydrogen-bond donors (Lipinski definition) is 3. The van der Waals surface area contributed by atoms with Crippen molar-refractivity contribution in [2.24, 2.45) is 0 Å². The van der Waals surface area contributed by atoms with E-state index in [1.54, 1.807) is 0 Å². The molecule has 164 valence electrons. The Morgan fingerprint density at radius 1 is 0.969 bits per heavy atom. The summed E-state index contributed by atoms with van der Waals surface area (Å²) in [5.74, 6) is 0.384. The van der Waals surface area contributed by atoms with Crippen molar-refractivity contribution in [3.05, 3.63) is 70.3 Å². The SMILES string of the molecule is O=C(NNc1nc(Nc2ccccc2)nc(N2CCOCC2)n1)c1ccc([N+](=O)[O-])cc1. The number of hydrogen-bond acceptors (Lipinski definition) is 10. The Kier molecular flexibility index (Phi) is 6.32. The minimum Gasteiger partial charge on any atom is -0.378 e. The molecule has 1 saturated heterocycles. The number of nitro groups is 1. The molecule has 4 rings (SSSR count). The number of morpholine rings is 1. The highest BCUT2D eigenvalue weighted by Crippen LogP contribution is 2.18. The van der Waals surface area contributed by atoms with Crippen molar-refractivity contribution in [2.75, 3.05) is 41.9 Å². The van der Waals surface area contributed by atoms with E-state index in [1.165, 1.54) is 24.3 Å². The van der Waals surface area contributed by atoms with E-state index < -0.39 is 10.8 Å². The first-order valence-electron chi connectivity index (χ1n) is 9.80. The van der Waals surface area contributed by atoms with Crippen molar-refractivity contribution in [1.29, 1.82) is 0 Å². The molecule has 2 aromatic carbocycles. The fourth-order valence-corrected chi connectivity index (χ4v) is 2.95. The molecule has 1 amide bonds. The number of rotatable bonds is 7. The monoisotopic (exact) mass is 436 g/mol. The van der Waals surface area contributed by atoms with Crippen LogP contribution >= 0.6 is 0 Å². The molecule has 3 aromatic rings. The molecule has 0 saturated carbocycles. The number of benzene rings is 2. The first-order valence-corrected chi connectivity index (χ1v) is 9.80. The number of para-hydroxylation sites is 1. The lowest BCUT2D eigenvalue weighted by Crippen LogP contribution is -2.38. The number of nitro benzene ring substituents is 1. The number of non-ortho nitro benzene ring substituents is 1. The summed E-state index contributed by atoms with van der Waals surface area (Å²) in [5.41, 5.74) is 6.14. The molecule has 3 N–H and O–H groups in total. The maximum atomic E-state index is 12.4. The standard InChI is InChI=1S/C20H20N8O4/c29-17(14-6-8-16(9-7-14)28(30)31)25-26-19-22-18(21-15-4-2-1-3-5-15)23-20(24-19)27-10-12-32-13-11-27/h1-9H,10-13H2,(H,25,29)(H2,21,22,23,24,26). The number of nitrogens with zero attached hydrogens (tertiary/aromatic N) is 5. The predicted molar refractivity (Wildman–Crippen MR) is 117 cm³/mol. The van der Waals surface area contributed by atoms with E-state index in [0.717, 1.165) is 5.69 Å². The summed E-state index contributed by atoms with van der Waals surface area (Å²) in [6.07, 6.45) is 0. The van der Waals surface area contributed by atoms with E-state index >= 15 is 0 Å². The summed E-state index contributed by atoms with van der Waals surface area (Å²) >= 11 is 0. The molecule has 32 heavy (non-hydrogen) atoms. The van der Waals surface area contributed by atoms with Crippen molar-refractivity contribution in [3.63, 3.8) is 0 Å². The lowest BCUT2D eigenvalue weighted by atomic mass is 10.2. The van der Waals surface area contributed by atoms with Crippen LogP contribution in [0, 0.1) is 10.1 Å². The quantitative estimate of drug-likeness (QED) is 0.371. The number of carbonyl (C=O) groups is 1. The molecule has 1 fully saturated rings. The first kappa shape index (κ1) is 20.9. The van der Waals surface area contributed by atoms with E-state index in [2.05, 4.69) is 31.1 Å². The van der Waals surface area contributed by atoms with Crippen molar-refractivity contribution >= 4 is 35.1 Å². The van der Waals surface area contributed by atoms with Crippen LogP contribution in [0.5, 0.6) is 0 Å². The first-order chi connectivity index (χ1) is 15.6. The van der Waals surface area contributed by atoms with Gasteiger partial charge in [-0.1, -0.05) is 18.2 Å². The molecular formula is C20H20N8O4. The molecule has 0 spiro atoms. The van der Waals surface area contributed by atoms with Crippen LogP contribution in [-0.2, 0) is 4.74 Å². The van der Waals surface area contributed by atoms with Gasteiger partial charge in [0.2, 0.25) is 17.8 Å². The molecule has 12 nitrogen and oxygen atoms in total. The Hall–Kier alpha value is -4.32. The van der Waals surface area contributed by atoms with E-state index in [1.807, 2.05) is 35.2 Å². The number of carbonyl (C=O) groups excluding carboxylic acids is 1. The molecule has 12 heteroatoms. The van der Waals surface area contributed by atoms with Crippen LogP contribution in [0.4, 0.5) is 29.2 Å². The van der Waals surface area contributed by atoms with Gasteiger partial charge in [-0.2, -0.15) is 15.0 Å². The van der Waals surface area contributed by atoms with Crippen molar-refractivity contribution in [1.82, 2.24) is 20.4 Å². The lowest BCUT2D eigenvalue weighted by molar-refractivity contribution is -0.384. The summed E-state index contributed by atoms with van der Waals surface area (Å²) in [6.45, 7) is 2.38. The number of hydrazine groups is 1. The Labute approximate surface area is 182 Å². The zero-order valence-corrected chi connectivity index (χ0v) is 16.9. The number of amides is 1. The van der Waals surface area contributed by atoms with Gasteiger partial charge in [0, 0.05) is 36.5 Å². The second-order valence-corrected chi connectivity index (χ2v) is 6.76. The molecular weight excluding hydrogens is 416 g/mol. The highest BCUT2D eigenvalue weighted by atomic mass is 16.6. The van der Waals surface area contributed by atoms with Gasteiger partial charge in [-0.15, -0.1) is 0 Å². The van der Waals surface area contributed by atoms with Crippen LogP contribution in [0.15, 0.2) is 54.6 Å². The molecule has 1 aliphatic heterocycles. The average molecular weight is 436 g/mol. The highest BCUT2D eigenvalue weighted by Gasteiger charge is 2.17. The second-order valence-electron chi connectivity index (χ2n) is 6.76. The average Bonchev–Trinajstić information content (AvgIpc) is 2.83. The molecule has 0 atom stereocenters. The maximum Gasteiger partial charge on any atom is 0.269 e. The Balaban J connectivity index is 1.51. The van der Waals surface area contributed by atoms with Crippen LogP contribution in [0.2, 0.25) is 0 Å². The number of ether oxygens (including phenoxy) is 1. The molecule has 1 aliphatic rings. The molecule has 2 heterocycles. The molecule has 0 bridgehead atoms. The van der Waals surface area contributed by atoms with Gasteiger partial charge >= 0.3 is 0 Å². The third-order valence-corrected chi connectivity index (χ3v) is 4.58. The van der Waals surface area contributed by atoms with Gasteiger partial charge in [0.1, 0.15) is 0 Å². The minimum absolute atomic E-state index is 0.0984. The number of anilines is 4. The predicted octanol–water partition coefficient (Wildman–Crippen LogP) is 2.12. The van der Waals surface area contributed by atoms with E-state index in [-0.39, 0.29) is 17.2 Å². The van der Waals surface area contributed by atoms with Gasteiger partial charge in [0.15, 0.2) is 0 Å². The summed E-state index contributed by atoms with van der Waals surface area (Å²) in [7, 11) is 0. The summed E-state index contributed by atoms with van der Waals surface area (Å²) in [6, 6.07) is 14.7. The zero-order valence-electron chi connectivity index (χ0n) is 16.9. The molecule has 0 unspecified atom stereocenters. The normalized spacial score (nSPS) is 13.3. The largest absolute Gasteiger partial charge is 0.378 e. The number of nitrogens with one attached hydrogen (secondary N) is 3. The lowest BCUT2D eigenvalue weighted by Gasteiger charge is -2.27. The highest BCUT2D eigenvalue weighted by molar-refractivity contribution is 5.94. The zero-order chi connectivity index (χ0) is 22.3. The maximum absolute atomic E-state index is 12.4. The van der Waals surface area contributed by atoms with Gasteiger partial charge < -0.3 is 15.0 Å². The topological polar surface area (TPSA) is 147 Å². The van der Waals surface area contributed by atoms with Crippen LogP contribution < -0.4 is 21.1 Å². The Morgan fingerprint density at radius 2 is 1.66 bits per heavy atom. The smallest absolute Gasteiger partial charge is 0.269 e. The van der Waals surface area contributed by atoms with Crippen molar-refractivity contribution in [2.45, 2.75) is 0 Å². The van der Waals surface area contributed by atoms with Gasteiger partial charge in [-0.05, 0) is 24.3 Å². The molecule has 1 aromatic heterocycles. The van der Waals surface area contributed by atoms with Crippen molar-refractivity contribution < 1.29 is 14.5 Å². The summed E-state index contributed by atoms with van der Waals surface area (Å²) < 4.78 is 5.39. The fourth-order valence-electron chi connectivity index (χ4n) is 2.95. The Bertz CT molecular complexity index is 1090. The van der Waals surface area contributed by atoms with E-state index in [0.29, 0.717) is 38.2 Å². The van der Waals surface area contributed by atoms with Crippen LogP contribution in [0.1, 0.15) is 10.4 Å². The third-order valence-electron chi connectivity index (χ3n) is 4.58. The molecule has 0 radical (unpaired) electrons. The minimum atomic E-state index is -0.529. The van der Waals surface area contributed by atoms with Crippen LogP contribution in [0.25, 0.3) is 0 Å². The summed E-state index contributed by atoms with van der Waals surface area (Å²) in [4.78, 5) is 37.8. The van der Waals surface area contributed by atoms with Gasteiger partial charge in [0.25, 0.3) is 11.6 Å². The summed E-state index contributed by atoms with van der Waals surface area (Å²) in [5, 5.41) is 13.9. The van der Waals surface area contributed by atoms with Gasteiger partial charge in [-0.3, -0.25) is 25.8 Å². The van der Waals surface area contributed by atoms with Gasteiger partial charge in [-0.25, -0.2) is 0 Å². The Morgan fingerprint density at radius 3 is 2.34 bits per heavy atom. The number of aromatic nitrogens is 3. The van der Waals surface area contributed by atoms with Crippen LogP contribution in [-0.4, -0.2) is 52.1 Å². The second kappa shape index (κ2) is 9.66. The van der Waals surface area contributed by atoms with E-state index in [9.17, 15) is 14.9 Å². The van der Waals surface area contributed by atoms with E-state index in [4.69, 9.17) is 4.74 Å².